The van der Waals surface area contributed by atoms with Crippen molar-refractivity contribution in [3.05, 3.63) is 29.6 Å². The van der Waals surface area contributed by atoms with Crippen LogP contribution in [-0.4, -0.2) is 34.8 Å². The Balaban J connectivity index is 1.76. The number of benzene rings is 1. The Morgan fingerprint density at radius 2 is 2.14 bits per heavy atom. The Morgan fingerprint density at radius 3 is 2.81 bits per heavy atom. The molecule has 1 aromatic heterocycles. The van der Waals surface area contributed by atoms with Crippen LogP contribution in [0.25, 0.3) is 11.4 Å². The summed E-state index contributed by atoms with van der Waals surface area (Å²) >= 11 is 0. The Labute approximate surface area is 123 Å². The number of nitrogens with two attached hydrogens (primary N) is 1. The maximum atomic E-state index is 13.6. The monoisotopic (exact) mass is 289 g/mol. The van der Waals surface area contributed by atoms with Crippen molar-refractivity contribution in [3.8, 4) is 11.4 Å². The average molecular weight is 289 g/mol. The minimum atomic E-state index is -0.228. The predicted molar refractivity (Wildman–Crippen MR) is 80.5 cm³/mol. The van der Waals surface area contributed by atoms with E-state index in [1.54, 1.807) is 13.0 Å². The van der Waals surface area contributed by atoms with E-state index in [1.807, 2.05) is 6.07 Å². The summed E-state index contributed by atoms with van der Waals surface area (Å²) in [5.41, 5.74) is 7.05. The van der Waals surface area contributed by atoms with Crippen LogP contribution in [-0.2, 0) is 0 Å². The van der Waals surface area contributed by atoms with Crippen LogP contribution in [0.15, 0.2) is 18.2 Å². The first kappa shape index (κ1) is 14.0. The summed E-state index contributed by atoms with van der Waals surface area (Å²) in [6, 6.07) is 5.09. The average Bonchev–Trinajstić information content (AvgIpc) is 3.00. The molecule has 0 amide bonds. The SMILES string of the molecule is Cc1ccc(-c2nc(N3CCC(CN)CC3)n[nH]2)cc1F. The summed E-state index contributed by atoms with van der Waals surface area (Å²) in [5.74, 6) is 1.66. The normalized spacial score (nSPS) is 16.4. The molecule has 0 bridgehead atoms. The first-order chi connectivity index (χ1) is 10.2. The van der Waals surface area contributed by atoms with Crippen molar-refractivity contribution in [3.63, 3.8) is 0 Å². The minimum Gasteiger partial charge on any atom is -0.340 e. The van der Waals surface area contributed by atoms with E-state index < -0.39 is 0 Å². The minimum absolute atomic E-state index is 0.228. The van der Waals surface area contributed by atoms with Crippen LogP contribution >= 0.6 is 0 Å². The third-order valence-corrected chi connectivity index (χ3v) is 4.15. The number of halogens is 1. The molecule has 1 fully saturated rings. The highest BCUT2D eigenvalue weighted by molar-refractivity contribution is 5.57. The Morgan fingerprint density at radius 1 is 1.38 bits per heavy atom. The maximum absolute atomic E-state index is 13.6. The van der Waals surface area contributed by atoms with Crippen molar-refractivity contribution in [2.24, 2.45) is 11.7 Å². The summed E-state index contributed by atoms with van der Waals surface area (Å²) in [5, 5.41) is 7.15. The summed E-state index contributed by atoms with van der Waals surface area (Å²) < 4.78 is 13.6. The summed E-state index contributed by atoms with van der Waals surface area (Å²) in [6.45, 7) is 4.32. The molecule has 3 rings (SSSR count). The third kappa shape index (κ3) is 2.90. The van der Waals surface area contributed by atoms with Crippen LogP contribution in [0.3, 0.4) is 0 Å². The first-order valence-corrected chi connectivity index (χ1v) is 7.31. The molecular weight excluding hydrogens is 269 g/mol. The smallest absolute Gasteiger partial charge is 0.245 e. The molecule has 0 atom stereocenters. The number of hydrogen-bond acceptors (Lipinski definition) is 4. The van der Waals surface area contributed by atoms with Crippen molar-refractivity contribution in [1.82, 2.24) is 15.2 Å². The number of nitrogens with zero attached hydrogens (tertiary/aromatic N) is 3. The maximum Gasteiger partial charge on any atom is 0.245 e. The summed E-state index contributed by atoms with van der Waals surface area (Å²) in [7, 11) is 0. The van der Waals surface area contributed by atoms with Crippen molar-refractivity contribution in [2.45, 2.75) is 19.8 Å². The lowest BCUT2D eigenvalue weighted by molar-refractivity contribution is 0.411. The highest BCUT2D eigenvalue weighted by atomic mass is 19.1. The Kier molecular flexibility index (Phi) is 3.88. The molecule has 2 aromatic rings. The highest BCUT2D eigenvalue weighted by Gasteiger charge is 2.21. The van der Waals surface area contributed by atoms with Gasteiger partial charge in [-0.2, -0.15) is 4.98 Å². The van der Waals surface area contributed by atoms with Gasteiger partial charge in [0.2, 0.25) is 5.95 Å². The van der Waals surface area contributed by atoms with E-state index in [0.717, 1.165) is 32.5 Å². The van der Waals surface area contributed by atoms with Gasteiger partial charge in [0.25, 0.3) is 0 Å². The van der Waals surface area contributed by atoms with Gasteiger partial charge in [0.05, 0.1) is 0 Å². The number of piperidine rings is 1. The quantitative estimate of drug-likeness (QED) is 0.907. The molecular formula is C15H20FN5. The fraction of sp³-hybridized carbons (Fsp3) is 0.467. The van der Waals surface area contributed by atoms with Gasteiger partial charge in [-0.1, -0.05) is 12.1 Å². The fourth-order valence-electron chi connectivity index (χ4n) is 2.63. The fourth-order valence-corrected chi connectivity index (χ4v) is 2.63. The molecule has 1 aliphatic heterocycles. The van der Waals surface area contributed by atoms with Gasteiger partial charge in [0.1, 0.15) is 5.82 Å². The first-order valence-electron chi connectivity index (χ1n) is 7.31. The van der Waals surface area contributed by atoms with Crippen molar-refractivity contribution in [1.29, 1.82) is 0 Å². The number of anilines is 1. The molecule has 6 heteroatoms. The number of aryl methyl sites for hydroxylation is 1. The molecule has 112 valence electrons. The molecule has 5 nitrogen and oxygen atoms in total. The van der Waals surface area contributed by atoms with Gasteiger partial charge in [-0.15, -0.1) is 5.10 Å². The second-order valence-electron chi connectivity index (χ2n) is 5.61. The largest absolute Gasteiger partial charge is 0.340 e. The van der Waals surface area contributed by atoms with Crippen molar-refractivity contribution >= 4 is 5.95 Å². The molecule has 21 heavy (non-hydrogen) atoms. The lowest BCUT2D eigenvalue weighted by Crippen LogP contribution is -2.36. The van der Waals surface area contributed by atoms with Crippen LogP contribution in [0.5, 0.6) is 0 Å². The van der Waals surface area contributed by atoms with Gasteiger partial charge < -0.3 is 10.6 Å². The standard InChI is InChI=1S/C15H20FN5/c1-10-2-3-12(8-13(10)16)14-18-15(20-19-14)21-6-4-11(9-17)5-7-21/h2-3,8,11H,4-7,9,17H2,1H3,(H,18,19,20). The lowest BCUT2D eigenvalue weighted by Gasteiger charge is -2.30. The van der Waals surface area contributed by atoms with E-state index in [-0.39, 0.29) is 5.82 Å². The topological polar surface area (TPSA) is 70.8 Å². The highest BCUT2D eigenvalue weighted by Crippen LogP contribution is 2.23. The molecule has 1 aliphatic rings. The molecule has 0 saturated carbocycles. The van der Waals surface area contributed by atoms with E-state index in [4.69, 9.17) is 5.73 Å². The number of hydrogen-bond donors (Lipinski definition) is 2. The van der Waals surface area contributed by atoms with E-state index in [2.05, 4.69) is 20.1 Å². The molecule has 0 aliphatic carbocycles. The van der Waals surface area contributed by atoms with Gasteiger partial charge >= 0.3 is 0 Å². The zero-order valence-electron chi connectivity index (χ0n) is 12.1. The van der Waals surface area contributed by atoms with E-state index in [9.17, 15) is 4.39 Å². The van der Waals surface area contributed by atoms with E-state index in [1.165, 1.54) is 6.07 Å². The number of H-pyrrole nitrogens is 1. The van der Waals surface area contributed by atoms with Gasteiger partial charge in [-0.25, -0.2) is 4.39 Å². The van der Waals surface area contributed by atoms with Gasteiger partial charge in [0, 0.05) is 18.7 Å². The zero-order chi connectivity index (χ0) is 14.8. The van der Waals surface area contributed by atoms with Crippen LogP contribution < -0.4 is 10.6 Å². The molecule has 1 saturated heterocycles. The summed E-state index contributed by atoms with van der Waals surface area (Å²) in [6.07, 6.45) is 2.14. The predicted octanol–water partition coefficient (Wildman–Crippen LogP) is 2.09. The third-order valence-electron chi connectivity index (χ3n) is 4.15. The second kappa shape index (κ2) is 5.81. The summed E-state index contributed by atoms with van der Waals surface area (Å²) in [4.78, 5) is 6.64. The van der Waals surface area contributed by atoms with E-state index in [0.29, 0.717) is 28.8 Å². The number of nitrogens with one attached hydrogen (secondary N) is 1. The molecule has 0 radical (unpaired) electrons. The van der Waals surface area contributed by atoms with Crippen LogP contribution in [0.1, 0.15) is 18.4 Å². The van der Waals surface area contributed by atoms with Gasteiger partial charge in [-0.3, -0.25) is 5.10 Å². The van der Waals surface area contributed by atoms with Crippen LogP contribution in [0, 0.1) is 18.7 Å². The Bertz CT molecular complexity index is 616. The molecule has 3 N–H and O–H groups in total. The van der Waals surface area contributed by atoms with E-state index >= 15 is 0 Å². The Hall–Kier alpha value is -1.95. The molecule has 0 spiro atoms. The number of aromatic nitrogens is 3. The van der Waals surface area contributed by atoms with Crippen LogP contribution in [0.4, 0.5) is 10.3 Å². The van der Waals surface area contributed by atoms with Crippen molar-refractivity contribution < 1.29 is 4.39 Å². The lowest BCUT2D eigenvalue weighted by atomic mass is 9.97. The van der Waals surface area contributed by atoms with Gasteiger partial charge in [0.15, 0.2) is 5.82 Å². The number of rotatable bonds is 3. The molecule has 1 aromatic carbocycles. The molecule has 2 heterocycles. The second-order valence-corrected chi connectivity index (χ2v) is 5.61. The van der Waals surface area contributed by atoms with Gasteiger partial charge in [-0.05, 0) is 43.9 Å². The van der Waals surface area contributed by atoms with Crippen LogP contribution in [0.2, 0.25) is 0 Å². The molecule has 0 unspecified atom stereocenters. The number of aromatic amines is 1. The van der Waals surface area contributed by atoms with Crippen molar-refractivity contribution in [2.75, 3.05) is 24.5 Å². The zero-order valence-corrected chi connectivity index (χ0v) is 12.1.